The van der Waals surface area contributed by atoms with Crippen LogP contribution in [0.5, 0.6) is 0 Å². The summed E-state index contributed by atoms with van der Waals surface area (Å²) >= 11 is 3.35. The molecule has 2 N–H and O–H groups in total. The van der Waals surface area contributed by atoms with Crippen molar-refractivity contribution in [1.29, 1.82) is 0 Å². The van der Waals surface area contributed by atoms with Crippen molar-refractivity contribution in [3.05, 3.63) is 10.7 Å². The molecule has 0 bridgehead atoms. The Morgan fingerprint density at radius 3 is 2.78 bits per heavy atom. The van der Waals surface area contributed by atoms with Gasteiger partial charge < -0.3 is 15.5 Å². The van der Waals surface area contributed by atoms with E-state index in [2.05, 4.69) is 36.5 Å². The second-order valence-corrected chi connectivity index (χ2v) is 4.54. The standard InChI is InChI=1S/C11H18BrN5O/c1-4-13-11-15-6-8(12)10(16-11)14-7-9(18)17(3)5-2/h6H,4-5,7H2,1-3H3,(H2,13,14,15,16). The molecule has 0 fully saturated rings. The summed E-state index contributed by atoms with van der Waals surface area (Å²) in [6.07, 6.45) is 1.65. The Bertz CT molecular complexity index is 412. The summed E-state index contributed by atoms with van der Waals surface area (Å²) in [7, 11) is 1.77. The zero-order valence-corrected chi connectivity index (χ0v) is 12.4. The summed E-state index contributed by atoms with van der Waals surface area (Å²) in [5, 5.41) is 6.02. The highest BCUT2D eigenvalue weighted by Crippen LogP contribution is 2.19. The second-order valence-electron chi connectivity index (χ2n) is 3.68. The van der Waals surface area contributed by atoms with Crippen molar-refractivity contribution in [3.63, 3.8) is 0 Å². The Balaban J connectivity index is 2.66. The van der Waals surface area contributed by atoms with Gasteiger partial charge in [0.05, 0.1) is 11.0 Å². The number of carbonyl (C=O) groups excluding carboxylic acids is 1. The second kappa shape index (κ2) is 7.15. The fourth-order valence-electron chi connectivity index (χ4n) is 1.21. The van der Waals surface area contributed by atoms with E-state index in [1.165, 1.54) is 0 Å². The molecule has 1 aromatic rings. The minimum Gasteiger partial charge on any atom is -0.360 e. The molecule has 0 atom stereocenters. The smallest absolute Gasteiger partial charge is 0.241 e. The molecule has 0 saturated carbocycles. The number of amides is 1. The van der Waals surface area contributed by atoms with Gasteiger partial charge in [-0.1, -0.05) is 0 Å². The third kappa shape index (κ3) is 4.14. The Hall–Kier alpha value is -1.37. The van der Waals surface area contributed by atoms with Gasteiger partial charge in [0.15, 0.2) is 0 Å². The number of halogens is 1. The van der Waals surface area contributed by atoms with Gasteiger partial charge in [0, 0.05) is 26.3 Å². The average molecular weight is 316 g/mol. The molecule has 100 valence electrons. The summed E-state index contributed by atoms with van der Waals surface area (Å²) in [4.78, 5) is 21.7. The van der Waals surface area contributed by atoms with Gasteiger partial charge >= 0.3 is 0 Å². The number of carbonyl (C=O) groups is 1. The molecule has 0 aromatic carbocycles. The van der Waals surface area contributed by atoms with Crippen molar-refractivity contribution in [2.45, 2.75) is 13.8 Å². The molecule has 0 spiro atoms. The van der Waals surface area contributed by atoms with E-state index in [-0.39, 0.29) is 12.5 Å². The molecule has 6 nitrogen and oxygen atoms in total. The van der Waals surface area contributed by atoms with Crippen molar-refractivity contribution >= 4 is 33.6 Å². The number of hydrogen-bond donors (Lipinski definition) is 2. The quantitative estimate of drug-likeness (QED) is 0.833. The SMILES string of the molecule is CCNc1ncc(Br)c(NCC(=O)N(C)CC)n1. The van der Waals surface area contributed by atoms with Gasteiger partial charge in [-0.3, -0.25) is 4.79 Å². The number of anilines is 2. The molecule has 18 heavy (non-hydrogen) atoms. The Labute approximate surface area is 115 Å². The first-order valence-electron chi connectivity index (χ1n) is 5.82. The van der Waals surface area contributed by atoms with Crippen LogP contribution in [0.25, 0.3) is 0 Å². The summed E-state index contributed by atoms with van der Waals surface area (Å²) in [5.41, 5.74) is 0. The maximum absolute atomic E-state index is 11.7. The third-order valence-electron chi connectivity index (χ3n) is 2.39. The van der Waals surface area contributed by atoms with E-state index in [1.54, 1.807) is 18.1 Å². The minimum atomic E-state index is 0.0213. The molecule has 0 aliphatic carbocycles. The summed E-state index contributed by atoms with van der Waals surface area (Å²) in [5.74, 6) is 1.17. The lowest BCUT2D eigenvalue weighted by atomic mass is 10.4. The van der Waals surface area contributed by atoms with Crippen LogP contribution < -0.4 is 10.6 Å². The summed E-state index contributed by atoms with van der Waals surface area (Å²) in [6, 6.07) is 0. The van der Waals surface area contributed by atoms with E-state index in [1.807, 2.05) is 13.8 Å². The van der Waals surface area contributed by atoms with E-state index in [0.717, 1.165) is 11.0 Å². The van der Waals surface area contributed by atoms with Crippen LogP contribution in [0.15, 0.2) is 10.7 Å². The van der Waals surface area contributed by atoms with Gasteiger partial charge in [0.1, 0.15) is 5.82 Å². The van der Waals surface area contributed by atoms with Crippen molar-refractivity contribution in [2.75, 3.05) is 37.3 Å². The highest BCUT2D eigenvalue weighted by molar-refractivity contribution is 9.10. The van der Waals surface area contributed by atoms with Crippen molar-refractivity contribution in [1.82, 2.24) is 14.9 Å². The van der Waals surface area contributed by atoms with E-state index >= 15 is 0 Å². The van der Waals surface area contributed by atoms with E-state index in [0.29, 0.717) is 18.3 Å². The number of nitrogens with zero attached hydrogens (tertiary/aromatic N) is 3. The van der Waals surface area contributed by atoms with Crippen LogP contribution in [0, 0.1) is 0 Å². The molecule has 7 heteroatoms. The average Bonchev–Trinajstić information content (AvgIpc) is 2.38. The largest absolute Gasteiger partial charge is 0.360 e. The normalized spacial score (nSPS) is 10.0. The van der Waals surface area contributed by atoms with Gasteiger partial charge in [0.2, 0.25) is 11.9 Å². The number of likely N-dealkylation sites (N-methyl/N-ethyl adjacent to an activating group) is 1. The van der Waals surface area contributed by atoms with Crippen LogP contribution in [-0.2, 0) is 4.79 Å². The first-order valence-corrected chi connectivity index (χ1v) is 6.62. The molecule has 0 aliphatic rings. The Morgan fingerprint density at radius 2 is 2.17 bits per heavy atom. The lowest BCUT2D eigenvalue weighted by Crippen LogP contribution is -2.32. The topological polar surface area (TPSA) is 70.2 Å². The summed E-state index contributed by atoms with van der Waals surface area (Å²) < 4.78 is 0.733. The van der Waals surface area contributed by atoms with Crippen molar-refractivity contribution < 1.29 is 4.79 Å². The molecule has 1 rings (SSSR count). The van der Waals surface area contributed by atoms with Crippen LogP contribution in [-0.4, -0.2) is 47.5 Å². The molecule has 0 aliphatic heterocycles. The van der Waals surface area contributed by atoms with E-state index in [9.17, 15) is 4.79 Å². The Kier molecular flexibility index (Phi) is 5.84. The number of hydrogen-bond acceptors (Lipinski definition) is 5. The number of aromatic nitrogens is 2. The number of rotatable bonds is 6. The summed E-state index contributed by atoms with van der Waals surface area (Å²) in [6.45, 7) is 5.55. The maximum atomic E-state index is 11.7. The molecular weight excluding hydrogens is 298 g/mol. The molecule has 0 unspecified atom stereocenters. The molecule has 1 heterocycles. The van der Waals surface area contributed by atoms with Crippen molar-refractivity contribution in [3.8, 4) is 0 Å². The van der Waals surface area contributed by atoms with Crippen molar-refractivity contribution in [2.24, 2.45) is 0 Å². The molecule has 1 aromatic heterocycles. The lowest BCUT2D eigenvalue weighted by Gasteiger charge is -2.15. The van der Waals surface area contributed by atoms with Crippen LogP contribution >= 0.6 is 15.9 Å². The van der Waals surface area contributed by atoms with Crippen LogP contribution in [0.3, 0.4) is 0 Å². The predicted molar refractivity (Wildman–Crippen MR) is 75.7 cm³/mol. The highest BCUT2D eigenvalue weighted by Gasteiger charge is 2.09. The highest BCUT2D eigenvalue weighted by atomic mass is 79.9. The van der Waals surface area contributed by atoms with Crippen LogP contribution in [0.4, 0.5) is 11.8 Å². The van der Waals surface area contributed by atoms with Gasteiger partial charge in [-0.25, -0.2) is 4.98 Å². The van der Waals surface area contributed by atoms with Gasteiger partial charge in [-0.05, 0) is 29.8 Å². The fourth-order valence-corrected chi connectivity index (χ4v) is 1.54. The van der Waals surface area contributed by atoms with Crippen LogP contribution in [0.1, 0.15) is 13.8 Å². The molecule has 0 saturated heterocycles. The predicted octanol–water partition coefficient (Wildman–Crippen LogP) is 1.56. The van der Waals surface area contributed by atoms with Gasteiger partial charge in [-0.15, -0.1) is 0 Å². The first-order chi connectivity index (χ1) is 8.58. The Morgan fingerprint density at radius 1 is 1.44 bits per heavy atom. The van der Waals surface area contributed by atoms with Gasteiger partial charge in [-0.2, -0.15) is 4.98 Å². The zero-order valence-electron chi connectivity index (χ0n) is 10.8. The molecular formula is C11H18BrN5O. The van der Waals surface area contributed by atoms with Gasteiger partial charge in [0.25, 0.3) is 0 Å². The first kappa shape index (κ1) is 14.7. The fraction of sp³-hybridized carbons (Fsp3) is 0.545. The van der Waals surface area contributed by atoms with E-state index < -0.39 is 0 Å². The maximum Gasteiger partial charge on any atom is 0.241 e. The third-order valence-corrected chi connectivity index (χ3v) is 2.97. The number of nitrogens with one attached hydrogen (secondary N) is 2. The molecule has 0 radical (unpaired) electrons. The molecule has 1 amide bonds. The minimum absolute atomic E-state index is 0.0213. The monoisotopic (exact) mass is 315 g/mol. The van der Waals surface area contributed by atoms with Crippen LogP contribution in [0.2, 0.25) is 0 Å². The van der Waals surface area contributed by atoms with E-state index in [4.69, 9.17) is 0 Å². The zero-order chi connectivity index (χ0) is 13.5. The lowest BCUT2D eigenvalue weighted by molar-refractivity contribution is -0.127.